The quantitative estimate of drug-likeness (QED) is 0.862. The summed E-state index contributed by atoms with van der Waals surface area (Å²) < 4.78 is 5.39. The summed E-state index contributed by atoms with van der Waals surface area (Å²) in [5, 5.41) is 3.40. The van der Waals surface area contributed by atoms with Gasteiger partial charge in [-0.05, 0) is 44.8 Å². The van der Waals surface area contributed by atoms with E-state index in [1.54, 1.807) is 0 Å². The molecule has 2 aromatic rings. The Bertz CT molecular complexity index is 545. The Morgan fingerprint density at radius 1 is 1.37 bits per heavy atom. The fraction of sp³-hybridized carbons (Fsp3) is 0.571. The molecule has 0 aromatic carbocycles. The average Bonchev–Trinajstić information content (AvgIpc) is 3.05. The third-order valence-electron chi connectivity index (χ3n) is 3.61. The van der Waals surface area contributed by atoms with Crippen LogP contribution in [0.3, 0.4) is 0 Å². The van der Waals surface area contributed by atoms with Crippen molar-refractivity contribution < 1.29 is 4.74 Å². The van der Waals surface area contributed by atoms with Crippen molar-refractivity contribution in [3.8, 4) is 5.88 Å². The number of rotatable bonds is 5. The number of H-pyrrole nitrogens is 1. The normalized spacial score (nSPS) is 19.1. The van der Waals surface area contributed by atoms with Crippen LogP contribution in [0.1, 0.15) is 25.6 Å². The molecule has 2 aromatic heterocycles. The number of aromatic nitrogens is 3. The first kappa shape index (κ1) is 12.4. The number of nitrogens with one attached hydrogen (secondary N) is 2. The molecule has 1 fully saturated rings. The van der Waals surface area contributed by atoms with Crippen molar-refractivity contribution in [2.75, 3.05) is 19.7 Å². The lowest BCUT2D eigenvalue weighted by atomic mass is 10.0. The third kappa shape index (κ3) is 2.87. The van der Waals surface area contributed by atoms with E-state index in [2.05, 4.69) is 20.3 Å². The molecular weight excluding hydrogens is 240 g/mol. The molecule has 1 unspecified atom stereocenters. The summed E-state index contributed by atoms with van der Waals surface area (Å²) in [5.41, 5.74) is 1.74. The Kier molecular flexibility index (Phi) is 3.64. The maximum Gasteiger partial charge on any atom is 0.215 e. The predicted octanol–water partition coefficient (Wildman–Crippen LogP) is 1.90. The van der Waals surface area contributed by atoms with E-state index >= 15 is 0 Å². The van der Waals surface area contributed by atoms with Gasteiger partial charge in [0.25, 0.3) is 0 Å². The van der Waals surface area contributed by atoms with Crippen LogP contribution in [-0.4, -0.2) is 34.6 Å². The predicted molar refractivity (Wildman–Crippen MR) is 74.4 cm³/mol. The largest absolute Gasteiger partial charge is 0.478 e. The van der Waals surface area contributed by atoms with Gasteiger partial charge in [-0.1, -0.05) is 0 Å². The number of pyridine rings is 1. The second-order valence-electron chi connectivity index (χ2n) is 5.03. The summed E-state index contributed by atoms with van der Waals surface area (Å²) in [7, 11) is 0. The fourth-order valence-electron chi connectivity index (χ4n) is 2.57. The minimum atomic E-state index is 0.629. The Morgan fingerprint density at radius 2 is 2.32 bits per heavy atom. The van der Waals surface area contributed by atoms with Crippen LogP contribution in [-0.2, 0) is 6.42 Å². The van der Waals surface area contributed by atoms with Crippen LogP contribution in [0, 0.1) is 5.92 Å². The van der Waals surface area contributed by atoms with Crippen LogP contribution >= 0.6 is 0 Å². The molecule has 0 spiro atoms. The lowest BCUT2D eigenvalue weighted by molar-refractivity contribution is 0.328. The Morgan fingerprint density at radius 3 is 3.11 bits per heavy atom. The van der Waals surface area contributed by atoms with Crippen molar-refractivity contribution in [2.45, 2.75) is 26.2 Å². The van der Waals surface area contributed by atoms with Gasteiger partial charge < -0.3 is 15.0 Å². The van der Waals surface area contributed by atoms with E-state index in [1.807, 2.05) is 19.1 Å². The second-order valence-corrected chi connectivity index (χ2v) is 5.03. The van der Waals surface area contributed by atoms with E-state index in [9.17, 15) is 0 Å². The van der Waals surface area contributed by atoms with Crippen molar-refractivity contribution in [1.29, 1.82) is 0 Å². The number of aryl methyl sites for hydroxylation is 1. The van der Waals surface area contributed by atoms with Crippen LogP contribution in [0.15, 0.2) is 12.1 Å². The van der Waals surface area contributed by atoms with Crippen molar-refractivity contribution >= 4 is 11.2 Å². The molecule has 0 saturated carbocycles. The van der Waals surface area contributed by atoms with Crippen LogP contribution in [0.2, 0.25) is 0 Å². The van der Waals surface area contributed by atoms with Crippen molar-refractivity contribution in [2.24, 2.45) is 5.92 Å². The summed E-state index contributed by atoms with van der Waals surface area (Å²) in [6, 6.07) is 3.87. The van der Waals surface area contributed by atoms with Crippen LogP contribution in [0.5, 0.6) is 5.88 Å². The van der Waals surface area contributed by atoms with Gasteiger partial charge in [-0.2, -0.15) is 4.98 Å². The zero-order chi connectivity index (χ0) is 13.1. The Labute approximate surface area is 112 Å². The molecule has 102 valence electrons. The summed E-state index contributed by atoms with van der Waals surface area (Å²) >= 11 is 0. The van der Waals surface area contributed by atoms with Gasteiger partial charge in [-0.15, -0.1) is 0 Å². The summed E-state index contributed by atoms with van der Waals surface area (Å²) in [6.45, 7) is 4.89. The first-order valence-electron chi connectivity index (χ1n) is 7.04. The van der Waals surface area contributed by atoms with E-state index in [-0.39, 0.29) is 0 Å². The van der Waals surface area contributed by atoms with Gasteiger partial charge in [0.05, 0.1) is 12.1 Å². The number of nitrogens with zero attached hydrogens (tertiary/aromatic N) is 2. The topological polar surface area (TPSA) is 62.8 Å². The molecule has 1 saturated heterocycles. The van der Waals surface area contributed by atoms with E-state index in [0.717, 1.165) is 42.4 Å². The second kappa shape index (κ2) is 5.57. The highest BCUT2D eigenvalue weighted by Crippen LogP contribution is 2.18. The van der Waals surface area contributed by atoms with Gasteiger partial charge >= 0.3 is 0 Å². The molecule has 1 atom stereocenters. The molecule has 0 bridgehead atoms. The fourth-order valence-corrected chi connectivity index (χ4v) is 2.57. The van der Waals surface area contributed by atoms with E-state index in [0.29, 0.717) is 12.5 Å². The van der Waals surface area contributed by atoms with Gasteiger partial charge in [0.1, 0.15) is 5.82 Å². The molecule has 0 radical (unpaired) electrons. The van der Waals surface area contributed by atoms with Gasteiger partial charge in [-0.3, -0.25) is 0 Å². The minimum Gasteiger partial charge on any atom is -0.478 e. The zero-order valence-corrected chi connectivity index (χ0v) is 11.3. The molecule has 3 heterocycles. The van der Waals surface area contributed by atoms with Gasteiger partial charge in [0.2, 0.25) is 5.88 Å². The van der Waals surface area contributed by atoms with Crippen molar-refractivity contribution in [3.05, 3.63) is 18.0 Å². The molecule has 1 aliphatic rings. The molecular formula is C14H20N4O. The Balaban J connectivity index is 1.69. The summed E-state index contributed by atoms with van der Waals surface area (Å²) in [6.07, 6.45) is 3.46. The average molecular weight is 260 g/mol. The maximum atomic E-state index is 5.39. The van der Waals surface area contributed by atoms with E-state index in [4.69, 9.17) is 4.74 Å². The van der Waals surface area contributed by atoms with Gasteiger partial charge in [0, 0.05) is 12.5 Å². The number of hydrogen-bond acceptors (Lipinski definition) is 4. The highest BCUT2D eigenvalue weighted by molar-refractivity contribution is 5.71. The lowest BCUT2D eigenvalue weighted by Crippen LogP contribution is -2.09. The van der Waals surface area contributed by atoms with Gasteiger partial charge in [-0.25, -0.2) is 4.98 Å². The molecule has 0 amide bonds. The van der Waals surface area contributed by atoms with Crippen molar-refractivity contribution in [1.82, 2.24) is 20.3 Å². The highest BCUT2D eigenvalue weighted by atomic mass is 16.5. The van der Waals surface area contributed by atoms with E-state index in [1.165, 1.54) is 12.8 Å². The lowest BCUT2D eigenvalue weighted by Gasteiger charge is -2.04. The minimum absolute atomic E-state index is 0.629. The highest BCUT2D eigenvalue weighted by Gasteiger charge is 2.15. The third-order valence-corrected chi connectivity index (χ3v) is 3.61. The molecule has 2 N–H and O–H groups in total. The van der Waals surface area contributed by atoms with Crippen molar-refractivity contribution in [3.63, 3.8) is 0 Å². The first-order chi connectivity index (χ1) is 9.35. The number of fused-ring (bicyclic) bond motifs is 1. The van der Waals surface area contributed by atoms with E-state index < -0.39 is 0 Å². The molecule has 1 aliphatic heterocycles. The van der Waals surface area contributed by atoms with Crippen LogP contribution in [0.4, 0.5) is 0 Å². The molecule has 3 rings (SSSR count). The molecule has 5 nitrogen and oxygen atoms in total. The maximum absolute atomic E-state index is 5.39. The van der Waals surface area contributed by atoms with Crippen LogP contribution < -0.4 is 10.1 Å². The zero-order valence-electron chi connectivity index (χ0n) is 11.3. The number of imidazole rings is 1. The standard InChI is InChI=1S/C14H20N4O/c1-2-19-13-6-4-11-14(18-13)17-12(16-11)5-3-10-7-8-15-9-10/h4,6,10,15H,2-3,5,7-9H2,1H3,(H,16,17,18). The molecule has 0 aliphatic carbocycles. The SMILES string of the molecule is CCOc1ccc2[nH]c(CCC3CCNC3)nc2n1. The van der Waals surface area contributed by atoms with Crippen LogP contribution in [0.25, 0.3) is 11.2 Å². The summed E-state index contributed by atoms with van der Waals surface area (Å²) in [5.74, 6) is 2.47. The number of ether oxygens (including phenoxy) is 1. The Hall–Kier alpha value is -1.62. The molecule has 5 heteroatoms. The van der Waals surface area contributed by atoms with Gasteiger partial charge in [0.15, 0.2) is 5.65 Å². The number of aromatic amines is 1. The number of hydrogen-bond donors (Lipinski definition) is 2. The summed E-state index contributed by atoms with van der Waals surface area (Å²) in [4.78, 5) is 12.3. The monoisotopic (exact) mass is 260 g/mol. The molecule has 19 heavy (non-hydrogen) atoms. The smallest absolute Gasteiger partial charge is 0.215 e. The first-order valence-corrected chi connectivity index (χ1v) is 7.04.